The number of halogens is 1. The second-order valence-corrected chi connectivity index (χ2v) is 5.80. The summed E-state index contributed by atoms with van der Waals surface area (Å²) in [5.74, 6) is -0.339. The third-order valence-corrected chi connectivity index (χ3v) is 3.81. The number of hydrogen-bond donors (Lipinski definition) is 0. The van der Waals surface area contributed by atoms with Crippen molar-refractivity contribution in [2.45, 2.75) is 13.5 Å². The first-order valence-corrected chi connectivity index (χ1v) is 7.98. The van der Waals surface area contributed by atoms with Crippen LogP contribution in [0.15, 0.2) is 54.6 Å². The smallest absolute Gasteiger partial charge is 0.246 e. The summed E-state index contributed by atoms with van der Waals surface area (Å²) in [4.78, 5) is 16.2. The minimum absolute atomic E-state index is 0.0569. The van der Waals surface area contributed by atoms with Gasteiger partial charge in [0.15, 0.2) is 0 Å². The summed E-state index contributed by atoms with van der Waals surface area (Å²) in [6.45, 7) is 3.15. The summed E-state index contributed by atoms with van der Waals surface area (Å²) in [7, 11) is 3.99. The molecule has 0 aliphatic carbocycles. The first kappa shape index (κ1) is 17.7. The quantitative estimate of drug-likeness (QED) is 0.750. The SMILES string of the molecule is CCN(Cc1ccc(N(C)C)cc1)C(=O)/C=C/c1ccc(F)cc1. The van der Waals surface area contributed by atoms with E-state index in [4.69, 9.17) is 0 Å². The van der Waals surface area contributed by atoms with Crippen molar-refractivity contribution in [1.82, 2.24) is 4.90 Å². The van der Waals surface area contributed by atoms with E-state index in [9.17, 15) is 9.18 Å². The Hall–Kier alpha value is -2.62. The normalized spacial score (nSPS) is 10.8. The predicted molar refractivity (Wildman–Crippen MR) is 97.3 cm³/mol. The van der Waals surface area contributed by atoms with Crippen LogP contribution in [0.5, 0.6) is 0 Å². The predicted octanol–water partition coefficient (Wildman–Crippen LogP) is 3.95. The molecule has 1 amide bonds. The minimum atomic E-state index is -0.283. The van der Waals surface area contributed by atoms with Crippen molar-refractivity contribution >= 4 is 17.7 Å². The van der Waals surface area contributed by atoms with Gasteiger partial charge in [-0.25, -0.2) is 4.39 Å². The number of amides is 1. The molecule has 126 valence electrons. The number of hydrogen-bond acceptors (Lipinski definition) is 2. The van der Waals surface area contributed by atoms with Crippen LogP contribution in [0.25, 0.3) is 6.08 Å². The average Bonchev–Trinajstić information content (AvgIpc) is 2.59. The number of carbonyl (C=O) groups is 1. The Morgan fingerprint density at radius 1 is 1.04 bits per heavy atom. The van der Waals surface area contributed by atoms with Gasteiger partial charge in [-0.3, -0.25) is 4.79 Å². The molecule has 0 aromatic heterocycles. The molecule has 4 heteroatoms. The lowest BCUT2D eigenvalue weighted by Gasteiger charge is -2.20. The molecule has 0 saturated heterocycles. The third-order valence-electron chi connectivity index (χ3n) is 3.81. The highest BCUT2D eigenvalue weighted by Gasteiger charge is 2.09. The summed E-state index contributed by atoms with van der Waals surface area (Å²) in [6.07, 6.45) is 3.24. The molecular weight excluding hydrogens is 303 g/mol. The lowest BCUT2D eigenvalue weighted by Crippen LogP contribution is -2.28. The van der Waals surface area contributed by atoms with Crippen LogP contribution >= 0.6 is 0 Å². The number of anilines is 1. The summed E-state index contributed by atoms with van der Waals surface area (Å²) in [5.41, 5.74) is 3.02. The van der Waals surface area contributed by atoms with Gasteiger partial charge < -0.3 is 9.80 Å². The number of benzene rings is 2. The van der Waals surface area contributed by atoms with Gasteiger partial charge in [-0.05, 0) is 48.4 Å². The zero-order valence-corrected chi connectivity index (χ0v) is 14.4. The van der Waals surface area contributed by atoms with Gasteiger partial charge in [-0.2, -0.15) is 0 Å². The standard InChI is InChI=1S/C20H23FN2O/c1-4-23(15-17-7-12-19(13-8-17)22(2)3)20(24)14-9-16-5-10-18(21)11-6-16/h5-14H,4,15H2,1-3H3/b14-9+. The Bertz CT molecular complexity index is 691. The van der Waals surface area contributed by atoms with Crippen LogP contribution in [0, 0.1) is 5.82 Å². The van der Waals surface area contributed by atoms with E-state index in [0.29, 0.717) is 13.1 Å². The Kier molecular flexibility index (Phi) is 6.13. The minimum Gasteiger partial charge on any atom is -0.378 e. The van der Waals surface area contributed by atoms with E-state index in [1.165, 1.54) is 18.2 Å². The average molecular weight is 326 g/mol. The van der Waals surface area contributed by atoms with Crippen molar-refractivity contribution in [3.05, 3.63) is 71.6 Å². The molecule has 0 aliphatic rings. The summed E-state index contributed by atoms with van der Waals surface area (Å²) < 4.78 is 12.9. The summed E-state index contributed by atoms with van der Waals surface area (Å²) in [6, 6.07) is 14.2. The van der Waals surface area contributed by atoms with Crippen LogP contribution in [-0.4, -0.2) is 31.4 Å². The van der Waals surface area contributed by atoms with Gasteiger partial charge in [0.2, 0.25) is 5.91 Å². The van der Waals surface area contributed by atoms with Crippen LogP contribution in [0.3, 0.4) is 0 Å². The molecule has 2 aromatic rings. The highest BCUT2D eigenvalue weighted by atomic mass is 19.1. The van der Waals surface area contributed by atoms with E-state index < -0.39 is 0 Å². The van der Waals surface area contributed by atoms with Crippen molar-refractivity contribution in [3.63, 3.8) is 0 Å². The van der Waals surface area contributed by atoms with Gasteiger partial charge >= 0.3 is 0 Å². The van der Waals surface area contributed by atoms with E-state index >= 15 is 0 Å². The lowest BCUT2D eigenvalue weighted by molar-refractivity contribution is -0.126. The molecule has 0 aliphatic heterocycles. The molecule has 0 radical (unpaired) electrons. The van der Waals surface area contributed by atoms with Gasteiger partial charge in [0, 0.05) is 38.9 Å². The highest BCUT2D eigenvalue weighted by molar-refractivity contribution is 5.91. The first-order valence-electron chi connectivity index (χ1n) is 7.98. The van der Waals surface area contributed by atoms with Gasteiger partial charge in [-0.1, -0.05) is 24.3 Å². The molecule has 0 N–H and O–H groups in total. The van der Waals surface area contributed by atoms with E-state index in [-0.39, 0.29) is 11.7 Å². The van der Waals surface area contributed by atoms with Crippen molar-refractivity contribution < 1.29 is 9.18 Å². The lowest BCUT2D eigenvalue weighted by atomic mass is 10.1. The van der Waals surface area contributed by atoms with Crippen molar-refractivity contribution in [3.8, 4) is 0 Å². The molecule has 0 bridgehead atoms. The molecule has 0 fully saturated rings. The molecular formula is C20H23FN2O. The topological polar surface area (TPSA) is 23.6 Å². The molecule has 0 spiro atoms. The van der Waals surface area contributed by atoms with Gasteiger partial charge in [0.1, 0.15) is 5.82 Å². The Morgan fingerprint density at radius 3 is 2.21 bits per heavy atom. The van der Waals surface area contributed by atoms with Crippen molar-refractivity contribution in [2.75, 3.05) is 25.5 Å². The number of rotatable bonds is 6. The number of carbonyl (C=O) groups excluding carboxylic acids is 1. The molecule has 0 atom stereocenters. The Morgan fingerprint density at radius 2 is 1.67 bits per heavy atom. The molecule has 0 saturated carbocycles. The molecule has 3 nitrogen and oxygen atoms in total. The largest absolute Gasteiger partial charge is 0.378 e. The van der Waals surface area contributed by atoms with Gasteiger partial charge in [-0.15, -0.1) is 0 Å². The zero-order valence-electron chi connectivity index (χ0n) is 14.4. The maximum Gasteiger partial charge on any atom is 0.246 e. The van der Waals surface area contributed by atoms with Crippen LogP contribution < -0.4 is 4.90 Å². The second-order valence-electron chi connectivity index (χ2n) is 5.80. The fraction of sp³-hybridized carbons (Fsp3) is 0.250. The van der Waals surface area contributed by atoms with Gasteiger partial charge in [0.25, 0.3) is 0 Å². The zero-order chi connectivity index (χ0) is 17.5. The van der Waals surface area contributed by atoms with E-state index in [2.05, 4.69) is 0 Å². The Labute approximate surface area is 143 Å². The van der Waals surface area contributed by atoms with Crippen LogP contribution in [0.1, 0.15) is 18.1 Å². The maximum atomic E-state index is 12.9. The third kappa shape index (κ3) is 4.95. The number of likely N-dealkylation sites (N-methyl/N-ethyl adjacent to an activating group) is 1. The van der Waals surface area contributed by atoms with E-state index in [0.717, 1.165) is 16.8 Å². The Balaban J connectivity index is 2.01. The van der Waals surface area contributed by atoms with Gasteiger partial charge in [0.05, 0.1) is 0 Å². The molecule has 2 aromatic carbocycles. The summed E-state index contributed by atoms with van der Waals surface area (Å²) in [5, 5.41) is 0. The molecule has 0 heterocycles. The molecule has 2 rings (SSSR count). The first-order chi connectivity index (χ1) is 11.5. The van der Waals surface area contributed by atoms with E-state index in [1.807, 2.05) is 50.2 Å². The fourth-order valence-corrected chi connectivity index (χ4v) is 2.31. The maximum absolute atomic E-state index is 12.9. The fourth-order valence-electron chi connectivity index (χ4n) is 2.31. The molecule has 24 heavy (non-hydrogen) atoms. The second kappa shape index (κ2) is 8.29. The van der Waals surface area contributed by atoms with E-state index in [1.54, 1.807) is 23.1 Å². The van der Waals surface area contributed by atoms with Crippen molar-refractivity contribution in [1.29, 1.82) is 0 Å². The highest BCUT2D eigenvalue weighted by Crippen LogP contribution is 2.14. The monoisotopic (exact) mass is 326 g/mol. The number of nitrogens with zero attached hydrogens (tertiary/aromatic N) is 2. The summed E-state index contributed by atoms with van der Waals surface area (Å²) >= 11 is 0. The van der Waals surface area contributed by atoms with Crippen molar-refractivity contribution in [2.24, 2.45) is 0 Å². The van der Waals surface area contributed by atoms with Crippen LogP contribution in [0.4, 0.5) is 10.1 Å². The van der Waals surface area contributed by atoms with Crippen LogP contribution in [0.2, 0.25) is 0 Å². The molecule has 0 unspecified atom stereocenters. The van der Waals surface area contributed by atoms with Crippen LogP contribution in [-0.2, 0) is 11.3 Å².